The number of hydrogen-bond acceptors (Lipinski definition) is 2. The molecule has 22 heavy (non-hydrogen) atoms. The van der Waals surface area contributed by atoms with Gasteiger partial charge in [-0.15, -0.1) is 0 Å². The molecule has 2 atom stereocenters. The van der Waals surface area contributed by atoms with Gasteiger partial charge in [-0.25, -0.2) is 4.39 Å². The Balaban J connectivity index is 1.91. The summed E-state index contributed by atoms with van der Waals surface area (Å²) in [5.74, 6) is 0.396. The van der Waals surface area contributed by atoms with E-state index in [9.17, 15) is 4.39 Å². The maximum atomic E-state index is 13.0. The summed E-state index contributed by atoms with van der Waals surface area (Å²) < 4.78 is 13.0. The number of halogens is 1. The molecule has 0 spiro atoms. The molecular formula is C19H29FN2. The molecule has 1 aliphatic heterocycles. The van der Waals surface area contributed by atoms with Crippen molar-refractivity contribution >= 4 is 5.71 Å². The lowest BCUT2D eigenvalue weighted by atomic mass is 9.87. The Kier molecular flexibility index (Phi) is 6.56. The molecule has 0 radical (unpaired) electrons. The second-order valence-electron chi connectivity index (χ2n) is 6.61. The number of likely N-dealkylation sites (tertiary alicyclic amines) is 1. The van der Waals surface area contributed by atoms with Gasteiger partial charge in [0.2, 0.25) is 0 Å². The van der Waals surface area contributed by atoms with Gasteiger partial charge in [0.25, 0.3) is 0 Å². The minimum atomic E-state index is -0.161. The van der Waals surface area contributed by atoms with E-state index in [-0.39, 0.29) is 5.82 Å². The number of nitrogens with one attached hydrogen (secondary N) is 1. The normalized spacial score (nSPS) is 20.8. The standard InChI is InChI=1S/C19H29FN2/c1-3-18(21)14-15(2)19-6-4-5-12-22(19)13-11-16-7-9-17(20)10-8-16/h7-10,15,19,21H,3-6,11-14H2,1-2H3. The van der Waals surface area contributed by atoms with Gasteiger partial charge in [0, 0.05) is 18.3 Å². The van der Waals surface area contributed by atoms with Gasteiger partial charge in [-0.3, -0.25) is 4.90 Å². The van der Waals surface area contributed by atoms with Gasteiger partial charge in [-0.2, -0.15) is 0 Å². The molecule has 2 rings (SSSR count). The fourth-order valence-electron chi connectivity index (χ4n) is 3.53. The summed E-state index contributed by atoms with van der Waals surface area (Å²) in [5.41, 5.74) is 2.08. The highest BCUT2D eigenvalue weighted by atomic mass is 19.1. The van der Waals surface area contributed by atoms with Crippen LogP contribution >= 0.6 is 0 Å². The predicted octanol–water partition coefficient (Wildman–Crippen LogP) is 4.68. The number of benzene rings is 1. The molecule has 1 aromatic carbocycles. The third-order valence-corrected chi connectivity index (χ3v) is 4.92. The van der Waals surface area contributed by atoms with Crippen LogP contribution in [0.4, 0.5) is 4.39 Å². The summed E-state index contributed by atoms with van der Waals surface area (Å²) in [5, 5.41) is 7.95. The fraction of sp³-hybridized carbons (Fsp3) is 0.632. The van der Waals surface area contributed by atoms with Crippen LogP contribution in [0.2, 0.25) is 0 Å². The molecule has 1 N–H and O–H groups in total. The van der Waals surface area contributed by atoms with Crippen LogP contribution in [0, 0.1) is 17.1 Å². The second kappa shape index (κ2) is 8.42. The Morgan fingerprint density at radius 3 is 2.73 bits per heavy atom. The third kappa shape index (κ3) is 4.91. The summed E-state index contributed by atoms with van der Waals surface area (Å²) in [6.07, 6.45) is 6.61. The molecular weight excluding hydrogens is 275 g/mol. The summed E-state index contributed by atoms with van der Waals surface area (Å²) in [4.78, 5) is 2.60. The lowest BCUT2D eigenvalue weighted by molar-refractivity contribution is 0.109. The molecule has 3 heteroatoms. The summed E-state index contributed by atoms with van der Waals surface area (Å²) in [7, 11) is 0. The molecule has 2 nitrogen and oxygen atoms in total. The first-order valence-corrected chi connectivity index (χ1v) is 8.65. The lowest BCUT2D eigenvalue weighted by Gasteiger charge is -2.39. The number of piperidine rings is 1. The van der Waals surface area contributed by atoms with Gasteiger partial charge in [0.05, 0.1) is 0 Å². The van der Waals surface area contributed by atoms with E-state index in [1.54, 1.807) is 12.1 Å². The van der Waals surface area contributed by atoms with Crippen LogP contribution in [0.5, 0.6) is 0 Å². The largest absolute Gasteiger partial charge is 0.310 e. The highest BCUT2D eigenvalue weighted by Crippen LogP contribution is 2.26. The fourth-order valence-corrected chi connectivity index (χ4v) is 3.53. The Bertz CT molecular complexity index is 469. The Morgan fingerprint density at radius 2 is 2.05 bits per heavy atom. The van der Waals surface area contributed by atoms with Crippen molar-refractivity contribution in [1.82, 2.24) is 4.90 Å². The maximum absolute atomic E-state index is 13.0. The predicted molar refractivity (Wildman–Crippen MR) is 91.1 cm³/mol. The van der Waals surface area contributed by atoms with Crippen LogP contribution in [0.3, 0.4) is 0 Å². The minimum absolute atomic E-state index is 0.161. The zero-order valence-corrected chi connectivity index (χ0v) is 13.9. The average Bonchev–Trinajstić information content (AvgIpc) is 2.54. The topological polar surface area (TPSA) is 27.1 Å². The number of hydrogen-bond donors (Lipinski definition) is 1. The summed E-state index contributed by atoms with van der Waals surface area (Å²) in [6, 6.07) is 7.48. The van der Waals surface area contributed by atoms with Crippen molar-refractivity contribution < 1.29 is 4.39 Å². The molecule has 122 valence electrons. The van der Waals surface area contributed by atoms with Crippen molar-refractivity contribution in [3.8, 4) is 0 Å². The van der Waals surface area contributed by atoms with E-state index in [1.807, 2.05) is 12.1 Å². The van der Waals surface area contributed by atoms with Crippen LogP contribution < -0.4 is 0 Å². The van der Waals surface area contributed by atoms with Crippen molar-refractivity contribution in [2.45, 2.75) is 58.4 Å². The molecule has 1 saturated heterocycles. The molecule has 0 aliphatic carbocycles. The van der Waals surface area contributed by atoms with Crippen molar-refractivity contribution in [1.29, 1.82) is 5.41 Å². The van der Waals surface area contributed by atoms with Crippen LogP contribution in [-0.2, 0) is 6.42 Å². The van der Waals surface area contributed by atoms with Crippen LogP contribution in [0.1, 0.15) is 51.5 Å². The van der Waals surface area contributed by atoms with Gasteiger partial charge < -0.3 is 5.41 Å². The molecule has 0 saturated carbocycles. The molecule has 0 aromatic heterocycles. The van der Waals surface area contributed by atoms with Crippen molar-refractivity contribution in [2.75, 3.05) is 13.1 Å². The van der Waals surface area contributed by atoms with Crippen LogP contribution in [0.25, 0.3) is 0 Å². The van der Waals surface area contributed by atoms with Gasteiger partial charge in [-0.1, -0.05) is 32.4 Å². The van der Waals surface area contributed by atoms with E-state index in [0.29, 0.717) is 12.0 Å². The first kappa shape index (κ1) is 17.1. The molecule has 1 aliphatic rings. The second-order valence-corrected chi connectivity index (χ2v) is 6.61. The maximum Gasteiger partial charge on any atom is 0.123 e. The summed E-state index contributed by atoms with van der Waals surface area (Å²) in [6.45, 7) is 6.57. The molecule has 0 amide bonds. The minimum Gasteiger partial charge on any atom is -0.310 e. The van der Waals surface area contributed by atoms with E-state index >= 15 is 0 Å². The average molecular weight is 304 g/mol. The van der Waals surface area contributed by atoms with Gasteiger partial charge in [0.15, 0.2) is 0 Å². The molecule has 1 heterocycles. The van der Waals surface area contributed by atoms with Gasteiger partial charge >= 0.3 is 0 Å². The van der Waals surface area contributed by atoms with E-state index in [2.05, 4.69) is 18.7 Å². The highest BCUT2D eigenvalue weighted by molar-refractivity contribution is 5.81. The first-order valence-electron chi connectivity index (χ1n) is 8.65. The van der Waals surface area contributed by atoms with Gasteiger partial charge in [-0.05, 0) is 62.3 Å². The third-order valence-electron chi connectivity index (χ3n) is 4.92. The van der Waals surface area contributed by atoms with E-state index in [4.69, 9.17) is 5.41 Å². The molecule has 1 aromatic rings. The summed E-state index contributed by atoms with van der Waals surface area (Å²) >= 11 is 0. The van der Waals surface area contributed by atoms with Crippen LogP contribution in [0.15, 0.2) is 24.3 Å². The Hall–Kier alpha value is -1.22. The van der Waals surface area contributed by atoms with Crippen LogP contribution in [-0.4, -0.2) is 29.7 Å². The van der Waals surface area contributed by atoms with Gasteiger partial charge in [0.1, 0.15) is 5.82 Å². The smallest absolute Gasteiger partial charge is 0.123 e. The SMILES string of the molecule is CCC(=N)CC(C)C1CCCCN1CCc1ccc(F)cc1. The van der Waals surface area contributed by atoms with E-state index in [1.165, 1.54) is 24.8 Å². The zero-order chi connectivity index (χ0) is 15.9. The number of nitrogens with zero attached hydrogens (tertiary/aromatic N) is 1. The highest BCUT2D eigenvalue weighted by Gasteiger charge is 2.27. The Morgan fingerprint density at radius 1 is 1.32 bits per heavy atom. The molecule has 0 bridgehead atoms. The van der Waals surface area contributed by atoms with Crippen molar-refractivity contribution in [2.24, 2.45) is 5.92 Å². The zero-order valence-electron chi connectivity index (χ0n) is 13.9. The monoisotopic (exact) mass is 304 g/mol. The number of rotatable bonds is 7. The quantitative estimate of drug-likeness (QED) is 0.728. The van der Waals surface area contributed by atoms with Crippen molar-refractivity contribution in [3.05, 3.63) is 35.6 Å². The van der Waals surface area contributed by atoms with Crippen molar-refractivity contribution in [3.63, 3.8) is 0 Å². The first-order chi connectivity index (χ1) is 10.6. The molecule has 2 unspecified atom stereocenters. The van der Waals surface area contributed by atoms with E-state index in [0.717, 1.165) is 38.1 Å². The Labute approximate surface area is 134 Å². The molecule has 1 fully saturated rings. The lowest BCUT2D eigenvalue weighted by Crippen LogP contribution is -2.44. The van der Waals surface area contributed by atoms with E-state index < -0.39 is 0 Å².